The Morgan fingerprint density at radius 3 is 2.25 bits per heavy atom. The minimum Gasteiger partial charge on any atom is -0.305 e. The van der Waals surface area contributed by atoms with E-state index in [9.17, 15) is 18.4 Å². The fourth-order valence-electron chi connectivity index (χ4n) is 2.38. The minimum atomic E-state index is -1.07. The lowest BCUT2D eigenvalue weighted by atomic mass is 9.96. The van der Waals surface area contributed by atoms with Crippen molar-refractivity contribution in [2.45, 2.75) is 32.4 Å². The molecule has 1 aliphatic heterocycles. The second kappa shape index (κ2) is 4.85. The first-order valence-corrected chi connectivity index (χ1v) is 6.35. The van der Waals surface area contributed by atoms with Crippen molar-refractivity contribution in [2.75, 3.05) is 7.05 Å². The van der Waals surface area contributed by atoms with E-state index in [1.54, 1.807) is 13.8 Å². The number of carbonyl (C=O) groups excluding carboxylic acids is 2. The molecular weight excluding hydrogens is 266 g/mol. The van der Waals surface area contributed by atoms with Gasteiger partial charge in [-0.3, -0.25) is 9.69 Å². The van der Waals surface area contributed by atoms with Gasteiger partial charge in [0.1, 0.15) is 17.2 Å². The molecule has 3 amide bonds. The second-order valence-electron chi connectivity index (χ2n) is 5.06. The summed E-state index contributed by atoms with van der Waals surface area (Å²) in [5, 5.41) is 0. The van der Waals surface area contributed by atoms with Gasteiger partial charge in [-0.15, -0.1) is 0 Å². The number of amides is 3. The predicted octanol–water partition coefficient (Wildman–Crippen LogP) is 2.53. The molecule has 1 aromatic carbocycles. The Balaban J connectivity index is 2.41. The number of benzene rings is 1. The van der Waals surface area contributed by atoms with Gasteiger partial charge in [0, 0.05) is 12.6 Å². The average molecular weight is 282 g/mol. The molecule has 0 radical (unpaired) electrons. The average Bonchev–Trinajstić information content (AvgIpc) is 2.58. The third-order valence-electron chi connectivity index (χ3n) is 3.95. The van der Waals surface area contributed by atoms with Crippen molar-refractivity contribution in [1.29, 1.82) is 0 Å². The summed E-state index contributed by atoms with van der Waals surface area (Å²) in [6.45, 7) is 3.10. The number of likely N-dealkylation sites (N-methyl/N-ethyl adjacent to an activating group) is 1. The van der Waals surface area contributed by atoms with E-state index >= 15 is 0 Å². The Labute approximate surface area is 116 Å². The van der Waals surface area contributed by atoms with E-state index in [0.29, 0.717) is 6.42 Å². The summed E-state index contributed by atoms with van der Waals surface area (Å²) >= 11 is 0. The van der Waals surface area contributed by atoms with Crippen LogP contribution in [0.3, 0.4) is 0 Å². The standard InChI is InChI=1S/C14H16F2N2O2/c1-4-14(2)12(19)17(3)13(20)18(14)8-9-10(15)6-5-7-11(9)16/h5-7H,4,8H2,1-3H3. The van der Waals surface area contributed by atoms with Gasteiger partial charge in [0.25, 0.3) is 5.91 Å². The molecule has 6 heteroatoms. The highest BCUT2D eigenvalue weighted by molar-refractivity contribution is 6.06. The highest BCUT2D eigenvalue weighted by Crippen LogP contribution is 2.32. The van der Waals surface area contributed by atoms with Crippen LogP contribution in [0.25, 0.3) is 0 Å². The maximum absolute atomic E-state index is 13.7. The van der Waals surface area contributed by atoms with E-state index in [4.69, 9.17) is 0 Å². The van der Waals surface area contributed by atoms with Crippen molar-refractivity contribution < 1.29 is 18.4 Å². The van der Waals surface area contributed by atoms with Crippen molar-refractivity contribution in [3.8, 4) is 0 Å². The van der Waals surface area contributed by atoms with Crippen LogP contribution in [0.1, 0.15) is 25.8 Å². The molecule has 4 nitrogen and oxygen atoms in total. The monoisotopic (exact) mass is 282 g/mol. The van der Waals surface area contributed by atoms with E-state index in [2.05, 4.69) is 0 Å². The summed E-state index contributed by atoms with van der Waals surface area (Å²) in [5.74, 6) is -1.81. The van der Waals surface area contributed by atoms with Crippen molar-refractivity contribution in [1.82, 2.24) is 9.80 Å². The number of nitrogens with zero attached hydrogens (tertiary/aromatic N) is 2. The van der Waals surface area contributed by atoms with Crippen LogP contribution in [0.5, 0.6) is 0 Å². The summed E-state index contributed by atoms with van der Waals surface area (Å²) in [7, 11) is 1.37. The summed E-state index contributed by atoms with van der Waals surface area (Å²) < 4.78 is 27.4. The summed E-state index contributed by atoms with van der Waals surface area (Å²) in [4.78, 5) is 26.4. The van der Waals surface area contributed by atoms with Crippen LogP contribution in [0.2, 0.25) is 0 Å². The van der Waals surface area contributed by atoms with E-state index in [1.165, 1.54) is 18.0 Å². The molecule has 0 spiro atoms. The van der Waals surface area contributed by atoms with Crippen molar-refractivity contribution in [3.05, 3.63) is 35.4 Å². The quantitative estimate of drug-likeness (QED) is 0.799. The van der Waals surface area contributed by atoms with Gasteiger partial charge in [0.05, 0.1) is 6.54 Å². The molecule has 1 unspecified atom stereocenters. The Morgan fingerprint density at radius 1 is 1.20 bits per heavy atom. The molecule has 1 heterocycles. The molecule has 0 N–H and O–H groups in total. The number of halogens is 2. The molecule has 1 saturated heterocycles. The first kappa shape index (κ1) is 14.4. The van der Waals surface area contributed by atoms with Crippen LogP contribution in [-0.2, 0) is 11.3 Å². The molecule has 0 bridgehead atoms. The summed E-state index contributed by atoms with van der Waals surface area (Å²) in [6, 6.07) is 2.99. The number of hydrogen-bond donors (Lipinski definition) is 0. The fraction of sp³-hybridized carbons (Fsp3) is 0.429. The number of hydrogen-bond acceptors (Lipinski definition) is 2. The molecule has 1 atom stereocenters. The van der Waals surface area contributed by atoms with E-state index in [1.807, 2.05) is 0 Å². The van der Waals surface area contributed by atoms with Crippen LogP contribution < -0.4 is 0 Å². The fourth-order valence-corrected chi connectivity index (χ4v) is 2.38. The minimum absolute atomic E-state index is 0.205. The van der Waals surface area contributed by atoms with Crippen molar-refractivity contribution in [3.63, 3.8) is 0 Å². The maximum Gasteiger partial charge on any atom is 0.327 e. The van der Waals surface area contributed by atoms with E-state index in [0.717, 1.165) is 17.0 Å². The number of carbonyl (C=O) groups is 2. The Kier molecular flexibility index (Phi) is 3.50. The predicted molar refractivity (Wildman–Crippen MR) is 68.8 cm³/mol. The summed E-state index contributed by atoms with van der Waals surface area (Å²) in [5.41, 5.74) is -1.27. The SMILES string of the molecule is CCC1(C)C(=O)N(C)C(=O)N1Cc1c(F)cccc1F. The molecule has 0 aromatic heterocycles. The largest absolute Gasteiger partial charge is 0.327 e. The summed E-state index contributed by atoms with van der Waals surface area (Å²) in [6.07, 6.45) is 0.373. The molecule has 0 saturated carbocycles. The van der Waals surface area contributed by atoms with Gasteiger partial charge < -0.3 is 4.90 Å². The molecule has 0 aliphatic carbocycles. The molecule has 2 rings (SSSR count). The van der Waals surface area contributed by atoms with Crippen LogP contribution in [0.4, 0.5) is 13.6 Å². The van der Waals surface area contributed by atoms with Crippen LogP contribution in [0.15, 0.2) is 18.2 Å². The lowest BCUT2D eigenvalue weighted by molar-refractivity contribution is -0.132. The first-order valence-electron chi connectivity index (χ1n) is 6.35. The van der Waals surface area contributed by atoms with E-state index in [-0.39, 0.29) is 18.0 Å². The maximum atomic E-state index is 13.7. The smallest absolute Gasteiger partial charge is 0.305 e. The molecule has 108 valence electrons. The number of imide groups is 1. The van der Waals surface area contributed by atoms with Gasteiger partial charge >= 0.3 is 6.03 Å². The number of urea groups is 1. The van der Waals surface area contributed by atoms with Gasteiger partial charge in [0.2, 0.25) is 0 Å². The molecule has 1 fully saturated rings. The normalized spacial score (nSPS) is 22.9. The highest BCUT2D eigenvalue weighted by atomic mass is 19.1. The van der Waals surface area contributed by atoms with Crippen LogP contribution >= 0.6 is 0 Å². The van der Waals surface area contributed by atoms with Crippen molar-refractivity contribution >= 4 is 11.9 Å². The van der Waals surface area contributed by atoms with E-state index < -0.39 is 23.2 Å². The number of rotatable bonds is 3. The zero-order chi connectivity index (χ0) is 15.1. The Morgan fingerprint density at radius 2 is 1.75 bits per heavy atom. The molecule has 20 heavy (non-hydrogen) atoms. The van der Waals surface area contributed by atoms with Crippen LogP contribution in [-0.4, -0.2) is 34.3 Å². The van der Waals surface area contributed by atoms with Crippen molar-refractivity contribution in [2.24, 2.45) is 0 Å². The topological polar surface area (TPSA) is 40.6 Å². The van der Waals surface area contributed by atoms with Gasteiger partial charge in [-0.05, 0) is 25.5 Å². The second-order valence-corrected chi connectivity index (χ2v) is 5.06. The lowest BCUT2D eigenvalue weighted by Crippen LogP contribution is -2.46. The third-order valence-corrected chi connectivity index (χ3v) is 3.95. The van der Waals surface area contributed by atoms with Gasteiger partial charge in [-0.1, -0.05) is 13.0 Å². The van der Waals surface area contributed by atoms with Gasteiger partial charge in [-0.25, -0.2) is 13.6 Å². The van der Waals surface area contributed by atoms with Gasteiger partial charge in [-0.2, -0.15) is 0 Å². The van der Waals surface area contributed by atoms with Gasteiger partial charge in [0.15, 0.2) is 0 Å². The molecular formula is C14H16F2N2O2. The highest BCUT2D eigenvalue weighted by Gasteiger charge is 2.51. The third kappa shape index (κ3) is 1.95. The molecule has 1 aromatic rings. The lowest BCUT2D eigenvalue weighted by Gasteiger charge is -2.30. The zero-order valence-electron chi connectivity index (χ0n) is 11.6. The Bertz CT molecular complexity index is 556. The Hall–Kier alpha value is -1.98. The first-order chi connectivity index (χ1) is 9.32. The molecule has 1 aliphatic rings. The zero-order valence-corrected chi connectivity index (χ0v) is 11.6. The van der Waals surface area contributed by atoms with Crippen LogP contribution in [0, 0.1) is 11.6 Å².